The summed E-state index contributed by atoms with van der Waals surface area (Å²) in [5, 5.41) is 3.13. The highest BCUT2D eigenvalue weighted by atomic mass is 32.1. The molecule has 0 bridgehead atoms. The third kappa shape index (κ3) is 2.31. The Morgan fingerprint density at radius 2 is 2.22 bits per heavy atom. The fraction of sp³-hybridized carbons (Fsp3) is 0.643. The van der Waals surface area contributed by atoms with Crippen LogP contribution in [0.4, 0.5) is 0 Å². The summed E-state index contributed by atoms with van der Waals surface area (Å²) in [6.45, 7) is 6.73. The van der Waals surface area contributed by atoms with Crippen LogP contribution in [0.1, 0.15) is 47.5 Å². The number of carbonyl (C=O) groups excluding carboxylic acids is 1. The third-order valence-corrected chi connectivity index (χ3v) is 5.06. The number of hydrogen-bond donors (Lipinski definition) is 2. The van der Waals surface area contributed by atoms with Crippen LogP contribution in [0.5, 0.6) is 0 Å². The first-order valence-corrected chi connectivity index (χ1v) is 7.38. The Hall–Kier alpha value is -0.870. The maximum absolute atomic E-state index is 12.3. The molecule has 1 aliphatic rings. The minimum absolute atomic E-state index is 0.0754. The van der Waals surface area contributed by atoms with Crippen LogP contribution < -0.4 is 11.1 Å². The van der Waals surface area contributed by atoms with Crippen molar-refractivity contribution in [3.8, 4) is 0 Å². The van der Waals surface area contributed by atoms with E-state index in [1.807, 2.05) is 0 Å². The molecule has 0 aromatic carbocycles. The molecular formula is C14H22N2OS. The van der Waals surface area contributed by atoms with Gasteiger partial charge >= 0.3 is 0 Å². The van der Waals surface area contributed by atoms with Crippen molar-refractivity contribution in [1.82, 2.24) is 5.32 Å². The lowest BCUT2D eigenvalue weighted by Gasteiger charge is -2.39. The van der Waals surface area contributed by atoms with Crippen molar-refractivity contribution in [1.29, 1.82) is 0 Å². The Kier molecular flexibility index (Phi) is 3.78. The van der Waals surface area contributed by atoms with Gasteiger partial charge in [-0.3, -0.25) is 4.79 Å². The number of amides is 1. The predicted molar refractivity (Wildman–Crippen MR) is 75.7 cm³/mol. The first-order chi connectivity index (χ1) is 8.48. The number of thiophene rings is 1. The molecular weight excluding hydrogens is 244 g/mol. The van der Waals surface area contributed by atoms with Crippen LogP contribution in [0.15, 0.2) is 6.07 Å². The number of carbonyl (C=O) groups is 1. The van der Waals surface area contributed by atoms with Gasteiger partial charge in [0.1, 0.15) is 0 Å². The largest absolute Gasteiger partial charge is 0.349 e. The fourth-order valence-corrected chi connectivity index (χ4v) is 3.66. The van der Waals surface area contributed by atoms with Crippen LogP contribution in [0.25, 0.3) is 0 Å². The van der Waals surface area contributed by atoms with E-state index in [2.05, 4.69) is 32.2 Å². The molecule has 0 aliphatic heterocycles. The van der Waals surface area contributed by atoms with Gasteiger partial charge < -0.3 is 11.1 Å². The van der Waals surface area contributed by atoms with E-state index < -0.39 is 0 Å². The zero-order chi connectivity index (χ0) is 13.3. The van der Waals surface area contributed by atoms with E-state index in [0.29, 0.717) is 6.54 Å². The Balaban J connectivity index is 2.05. The molecule has 1 unspecified atom stereocenters. The van der Waals surface area contributed by atoms with Crippen LogP contribution in [-0.2, 0) is 4.79 Å². The number of nitrogens with one attached hydrogen (secondary N) is 1. The highest BCUT2D eigenvalue weighted by Crippen LogP contribution is 2.40. The second-order valence-corrected chi connectivity index (χ2v) is 6.86. The fourth-order valence-electron chi connectivity index (χ4n) is 2.64. The van der Waals surface area contributed by atoms with Gasteiger partial charge in [0.25, 0.3) is 0 Å². The Labute approximate surface area is 113 Å². The lowest BCUT2D eigenvalue weighted by molar-refractivity contribution is -0.135. The Morgan fingerprint density at radius 1 is 1.56 bits per heavy atom. The normalized spacial score (nSPS) is 19.1. The summed E-state index contributed by atoms with van der Waals surface area (Å²) < 4.78 is 0. The first-order valence-electron chi connectivity index (χ1n) is 6.56. The minimum Gasteiger partial charge on any atom is -0.349 e. The molecule has 1 amide bonds. The van der Waals surface area contributed by atoms with Gasteiger partial charge in [-0.15, -0.1) is 11.3 Å². The predicted octanol–water partition coefficient (Wildman–Crippen LogP) is 2.67. The van der Waals surface area contributed by atoms with E-state index in [-0.39, 0.29) is 17.4 Å². The Bertz CT molecular complexity index is 443. The molecule has 3 N–H and O–H groups in total. The molecule has 0 saturated heterocycles. The van der Waals surface area contributed by atoms with E-state index in [1.165, 1.54) is 15.3 Å². The van der Waals surface area contributed by atoms with Crippen molar-refractivity contribution < 1.29 is 4.79 Å². The summed E-state index contributed by atoms with van der Waals surface area (Å²) in [6.07, 6.45) is 2.99. The quantitative estimate of drug-likeness (QED) is 0.880. The topological polar surface area (TPSA) is 55.1 Å². The molecule has 2 rings (SSSR count). The van der Waals surface area contributed by atoms with Gasteiger partial charge in [0, 0.05) is 16.3 Å². The van der Waals surface area contributed by atoms with Gasteiger partial charge in [-0.05, 0) is 45.2 Å². The van der Waals surface area contributed by atoms with Crippen LogP contribution in [0, 0.1) is 19.3 Å². The standard InChI is InChI=1S/C14H22N2OS/c1-9-7-12(11(3)18-9)10(2)16-13(17)14(8-15)5-4-6-14/h7,10H,4-6,8,15H2,1-3H3,(H,16,17). The summed E-state index contributed by atoms with van der Waals surface area (Å²) in [4.78, 5) is 14.9. The molecule has 4 heteroatoms. The molecule has 1 atom stereocenters. The average molecular weight is 266 g/mol. The van der Waals surface area contributed by atoms with Gasteiger partial charge in [0.15, 0.2) is 0 Å². The summed E-state index contributed by atoms with van der Waals surface area (Å²) in [6, 6.07) is 2.24. The number of nitrogens with two attached hydrogens (primary N) is 1. The molecule has 0 radical (unpaired) electrons. The molecule has 0 spiro atoms. The van der Waals surface area contributed by atoms with Crippen LogP contribution in [-0.4, -0.2) is 12.5 Å². The van der Waals surface area contributed by atoms with Gasteiger partial charge in [-0.25, -0.2) is 0 Å². The van der Waals surface area contributed by atoms with Gasteiger partial charge in [-0.2, -0.15) is 0 Å². The van der Waals surface area contributed by atoms with E-state index in [9.17, 15) is 4.79 Å². The number of aryl methyl sites for hydroxylation is 2. The lowest BCUT2D eigenvalue weighted by atomic mass is 9.68. The highest BCUT2D eigenvalue weighted by Gasteiger charge is 2.43. The molecule has 1 saturated carbocycles. The zero-order valence-corrected chi connectivity index (χ0v) is 12.2. The smallest absolute Gasteiger partial charge is 0.227 e. The van der Waals surface area contributed by atoms with Gasteiger partial charge in [-0.1, -0.05) is 6.42 Å². The van der Waals surface area contributed by atoms with Gasteiger partial charge in [0.05, 0.1) is 11.5 Å². The molecule has 3 nitrogen and oxygen atoms in total. The maximum atomic E-state index is 12.3. The monoisotopic (exact) mass is 266 g/mol. The minimum atomic E-state index is -0.284. The molecule has 1 aliphatic carbocycles. The zero-order valence-electron chi connectivity index (χ0n) is 11.4. The highest BCUT2D eigenvalue weighted by molar-refractivity contribution is 7.12. The summed E-state index contributed by atoms with van der Waals surface area (Å²) in [5.74, 6) is 0.131. The van der Waals surface area contributed by atoms with Crippen molar-refractivity contribution >= 4 is 17.2 Å². The first kappa shape index (κ1) is 13.6. The molecule has 1 fully saturated rings. The van der Waals surface area contributed by atoms with Crippen molar-refractivity contribution in [2.24, 2.45) is 11.1 Å². The maximum Gasteiger partial charge on any atom is 0.227 e. The van der Waals surface area contributed by atoms with Crippen LogP contribution in [0.2, 0.25) is 0 Å². The van der Waals surface area contributed by atoms with E-state index >= 15 is 0 Å². The second-order valence-electron chi connectivity index (χ2n) is 5.40. The van der Waals surface area contributed by atoms with Gasteiger partial charge in [0.2, 0.25) is 5.91 Å². The molecule has 1 aromatic heterocycles. The van der Waals surface area contributed by atoms with Crippen molar-refractivity contribution in [2.45, 2.75) is 46.1 Å². The van der Waals surface area contributed by atoms with E-state index in [4.69, 9.17) is 5.73 Å². The molecule has 100 valence electrons. The van der Waals surface area contributed by atoms with Crippen LogP contribution >= 0.6 is 11.3 Å². The summed E-state index contributed by atoms with van der Waals surface area (Å²) in [5.41, 5.74) is 6.71. The molecule has 1 aromatic rings. The van der Waals surface area contributed by atoms with Crippen LogP contribution in [0.3, 0.4) is 0 Å². The van der Waals surface area contributed by atoms with Crippen molar-refractivity contribution in [2.75, 3.05) is 6.54 Å². The second kappa shape index (κ2) is 5.02. The number of hydrogen-bond acceptors (Lipinski definition) is 3. The SMILES string of the molecule is Cc1cc(C(C)NC(=O)C2(CN)CCC2)c(C)s1. The lowest BCUT2D eigenvalue weighted by Crippen LogP contribution is -2.50. The van der Waals surface area contributed by atoms with Crippen molar-refractivity contribution in [3.63, 3.8) is 0 Å². The number of rotatable bonds is 4. The van der Waals surface area contributed by atoms with E-state index in [1.54, 1.807) is 11.3 Å². The summed E-state index contributed by atoms with van der Waals surface area (Å²) in [7, 11) is 0. The Morgan fingerprint density at radius 3 is 2.61 bits per heavy atom. The summed E-state index contributed by atoms with van der Waals surface area (Å²) >= 11 is 1.78. The van der Waals surface area contributed by atoms with Crippen molar-refractivity contribution in [3.05, 3.63) is 21.4 Å². The third-order valence-electron chi connectivity index (χ3n) is 4.08. The van der Waals surface area contributed by atoms with E-state index in [0.717, 1.165) is 19.3 Å². The average Bonchev–Trinajstić information content (AvgIpc) is 2.57. The molecule has 18 heavy (non-hydrogen) atoms. The molecule has 1 heterocycles.